The first-order valence-electron chi connectivity index (χ1n) is 5.64. The number of benzene rings is 1. The number of carbonyl (C=O) groups excluding carboxylic acids is 1. The number of nitrogens with one attached hydrogen (secondary N) is 1. The van der Waals surface area contributed by atoms with E-state index in [-0.39, 0.29) is 5.54 Å². The molecule has 0 saturated heterocycles. The molecule has 0 fully saturated rings. The van der Waals surface area contributed by atoms with Gasteiger partial charge in [-0.15, -0.1) is 0 Å². The van der Waals surface area contributed by atoms with Gasteiger partial charge < -0.3 is 4.84 Å². The second-order valence-corrected chi connectivity index (χ2v) is 5.07. The molecule has 1 unspecified atom stereocenters. The number of carbonyl (C=O) groups is 1. The van der Waals surface area contributed by atoms with Crippen molar-refractivity contribution in [1.29, 1.82) is 0 Å². The van der Waals surface area contributed by atoms with Crippen molar-refractivity contribution in [2.45, 2.75) is 38.8 Å². The first-order valence-corrected chi connectivity index (χ1v) is 5.64. The predicted octanol–water partition coefficient (Wildman–Crippen LogP) is 1.40. The van der Waals surface area contributed by atoms with Crippen molar-refractivity contribution in [1.82, 2.24) is 5.32 Å². The van der Waals surface area contributed by atoms with E-state index in [1.165, 1.54) is 0 Å². The summed E-state index contributed by atoms with van der Waals surface area (Å²) in [6.07, 6.45) is 0.564. The van der Waals surface area contributed by atoms with Gasteiger partial charge in [-0.3, -0.25) is 5.32 Å². The average Bonchev–Trinajstić information content (AvgIpc) is 2.27. The average molecular weight is 236 g/mol. The molecule has 0 aromatic heterocycles. The molecule has 4 heteroatoms. The molecule has 0 aliphatic carbocycles. The van der Waals surface area contributed by atoms with Gasteiger partial charge >= 0.3 is 5.97 Å². The number of hydrogen-bond acceptors (Lipinski definition) is 4. The minimum Gasteiger partial charge on any atom is -0.372 e. The Morgan fingerprint density at radius 2 is 1.94 bits per heavy atom. The molecule has 0 bridgehead atoms. The first kappa shape index (κ1) is 13.7. The fourth-order valence-corrected chi connectivity index (χ4v) is 1.65. The quantitative estimate of drug-likeness (QED) is 0.776. The largest absolute Gasteiger partial charge is 0.372 e. The van der Waals surface area contributed by atoms with Crippen molar-refractivity contribution in [3.63, 3.8) is 0 Å². The van der Waals surface area contributed by atoms with Crippen molar-refractivity contribution in [2.75, 3.05) is 0 Å². The van der Waals surface area contributed by atoms with Crippen LogP contribution in [0.5, 0.6) is 0 Å². The Morgan fingerprint density at radius 3 is 2.41 bits per heavy atom. The van der Waals surface area contributed by atoms with Crippen molar-refractivity contribution in [3.05, 3.63) is 35.9 Å². The van der Waals surface area contributed by atoms with Crippen LogP contribution in [0.2, 0.25) is 0 Å². The Balaban J connectivity index is 2.74. The molecular weight excluding hydrogens is 216 g/mol. The summed E-state index contributed by atoms with van der Waals surface area (Å²) in [4.78, 5) is 15.9. The molecule has 1 aromatic rings. The number of hydrogen-bond donors (Lipinski definition) is 2. The summed E-state index contributed by atoms with van der Waals surface area (Å²) in [5.41, 5.74) is 0.896. The van der Waals surface area contributed by atoms with Gasteiger partial charge in [-0.25, -0.2) is 4.79 Å². The van der Waals surface area contributed by atoms with Crippen LogP contribution in [0.25, 0.3) is 0 Å². The van der Waals surface area contributed by atoms with Crippen LogP contribution in [0.4, 0.5) is 0 Å². The van der Waals surface area contributed by atoms with E-state index in [0.29, 0.717) is 6.42 Å². The van der Waals surface area contributed by atoms with Crippen LogP contribution in [0.3, 0.4) is 0 Å². The topological polar surface area (TPSA) is 64.3 Å². The summed E-state index contributed by atoms with van der Waals surface area (Å²) >= 11 is 0. The van der Waals surface area contributed by atoms with Crippen molar-refractivity contribution < 1.29 is 9.63 Å². The van der Waals surface area contributed by atoms with E-state index in [1.54, 1.807) is 0 Å². The van der Waals surface area contributed by atoms with Crippen LogP contribution in [-0.2, 0) is 16.1 Å². The first-order chi connectivity index (χ1) is 7.92. The fourth-order valence-electron chi connectivity index (χ4n) is 1.65. The minimum absolute atomic E-state index is 0.173. The normalized spacial score (nSPS) is 13.2. The van der Waals surface area contributed by atoms with Crippen LogP contribution in [0.1, 0.15) is 26.3 Å². The zero-order valence-corrected chi connectivity index (χ0v) is 10.6. The summed E-state index contributed by atoms with van der Waals surface area (Å²) in [5, 5.41) is 3.20. The molecular formula is C13H20N2O2. The molecule has 0 spiro atoms. The Bertz CT molecular complexity index is 357. The number of rotatable bonds is 4. The van der Waals surface area contributed by atoms with E-state index >= 15 is 0 Å². The van der Waals surface area contributed by atoms with E-state index in [4.69, 9.17) is 5.90 Å². The second-order valence-electron chi connectivity index (χ2n) is 5.07. The van der Waals surface area contributed by atoms with Crippen LogP contribution in [0.15, 0.2) is 30.3 Å². The Labute approximate surface area is 102 Å². The molecule has 0 saturated carbocycles. The molecule has 17 heavy (non-hydrogen) atoms. The smallest absolute Gasteiger partial charge is 0.341 e. The van der Waals surface area contributed by atoms with E-state index in [2.05, 4.69) is 10.2 Å². The molecule has 4 nitrogen and oxygen atoms in total. The highest BCUT2D eigenvalue weighted by molar-refractivity contribution is 5.76. The van der Waals surface area contributed by atoms with Crippen molar-refractivity contribution in [2.24, 2.45) is 5.90 Å². The molecule has 1 rings (SSSR count). The summed E-state index contributed by atoms with van der Waals surface area (Å²) < 4.78 is 0. The van der Waals surface area contributed by atoms with Gasteiger partial charge in [0.05, 0.1) is 0 Å². The minimum atomic E-state index is -0.441. The van der Waals surface area contributed by atoms with Gasteiger partial charge in [0.2, 0.25) is 0 Å². The van der Waals surface area contributed by atoms with Crippen LogP contribution >= 0.6 is 0 Å². The molecule has 0 heterocycles. The summed E-state index contributed by atoms with van der Waals surface area (Å²) in [7, 11) is 0. The van der Waals surface area contributed by atoms with Gasteiger partial charge in [0.15, 0.2) is 0 Å². The Hall–Kier alpha value is -1.39. The highest BCUT2D eigenvalue weighted by Crippen LogP contribution is 2.08. The lowest BCUT2D eigenvalue weighted by atomic mass is 10.0. The van der Waals surface area contributed by atoms with Gasteiger partial charge in [0, 0.05) is 5.54 Å². The third-order valence-corrected chi connectivity index (χ3v) is 2.29. The van der Waals surface area contributed by atoms with E-state index in [1.807, 2.05) is 51.1 Å². The van der Waals surface area contributed by atoms with E-state index < -0.39 is 12.0 Å². The van der Waals surface area contributed by atoms with E-state index in [0.717, 1.165) is 5.56 Å². The lowest BCUT2D eigenvalue weighted by Crippen LogP contribution is -2.50. The number of nitrogens with two attached hydrogens (primary N) is 1. The standard InChI is InChI=1S/C13H20N2O2/c1-13(2,3)15-11(12(16)17-14)9-10-7-5-4-6-8-10/h4-8,11,15H,9,14H2,1-3H3. The summed E-state index contributed by atoms with van der Waals surface area (Å²) in [6, 6.07) is 9.34. The zero-order valence-electron chi connectivity index (χ0n) is 10.6. The molecule has 1 atom stereocenters. The third-order valence-electron chi connectivity index (χ3n) is 2.29. The fraction of sp³-hybridized carbons (Fsp3) is 0.462. The molecule has 0 aliphatic heterocycles. The van der Waals surface area contributed by atoms with Gasteiger partial charge in [-0.05, 0) is 32.8 Å². The van der Waals surface area contributed by atoms with E-state index in [9.17, 15) is 4.79 Å². The van der Waals surface area contributed by atoms with Crippen LogP contribution in [-0.4, -0.2) is 17.6 Å². The summed E-state index contributed by atoms with van der Waals surface area (Å²) in [5.74, 6) is 4.51. The van der Waals surface area contributed by atoms with Gasteiger partial charge in [0.1, 0.15) is 6.04 Å². The molecule has 0 aliphatic rings. The monoisotopic (exact) mass is 236 g/mol. The lowest BCUT2D eigenvalue weighted by molar-refractivity contribution is -0.147. The highest BCUT2D eigenvalue weighted by atomic mass is 16.7. The molecule has 94 valence electrons. The van der Waals surface area contributed by atoms with Gasteiger partial charge in [0.25, 0.3) is 0 Å². The maximum Gasteiger partial charge on any atom is 0.341 e. The van der Waals surface area contributed by atoms with Gasteiger partial charge in [-0.2, -0.15) is 5.90 Å². The van der Waals surface area contributed by atoms with Crippen molar-refractivity contribution >= 4 is 5.97 Å². The summed E-state index contributed by atoms with van der Waals surface area (Å²) in [6.45, 7) is 5.98. The Morgan fingerprint density at radius 1 is 1.35 bits per heavy atom. The highest BCUT2D eigenvalue weighted by Gasteiger charge is 2.24. The molecule has 3 N–H and O–H groups in total. The molecule has 1 aromatic carbocycles. The van der Waals surface area contributed by atoms with Crippen molar-refractivity contribution in [3.8, 4) is 0 Å². The maximum absolute atomic E-state index is 11.6. The maximum atomic E-state index is 11.6. The third kappa shape index (κ3) is 4.97. The molecule has 0 amide bonds. The SMILES string of the molecule is CC(C)(C)NC(Cc1ccccc1)C(=O)ON. The van der Waals surface area contributed by atoms with Gasteiger partial charge in [-0.1, -0.05) is 30.3 Å². The second kappa shape index (κ2) is 5.80. The Kier molecular flexibility index (Phi) is 4.66. The molecule has 0 radical (unpaired) electrons. The predicted molar refractivity (Wildman–Crippen MR) is 67.1 cm³/mol. The van der Waals surface area contributed by atoms with Crippen LogP contribution < -0.4 is 11.2 Å². The zero-order chi connectivity index (χ0) is 12.9. The lowest BCUT2D eigenvalue weighted by Gasteiger charge is -2.26. The van der Waals surface area contributed by atoms with Crippen LogP contribution in [0, 0.1) is 0 Å².